The maximum atomic E-state index is 13.6. The van der Waals surface area contributed by atoms with Crippen LogP contribution < -0.4 is 0 Å². The van der Waals surface area contributed by atoms with E-state index in [2.05, 4.69) is 0 Å². The Hall–Kier alpha value is -1.40. The van der Waals surface area contributed by atoms with Crippen molar-refractivity contribution in [3.05, 3.63) is 34.6 Å². The Bertz CT molecular complexity index is 439. The molecule has 0 aliphatic carbocycles. The summed E-state index contributed by atoms with van der Waals surface area (Å²) in [5.74, 6) is -2.01. The van der Waals surface area contributed by atoms with Crippen molar-refractivity contribution in [1.82, 2.24) is 0 Å². The van der Waals surface area contributed by atoms with Crippen LogP contribution in [-0.4, -0.2) is 5.78 Å². The maximum absolute atomic E-state index is 13.6. The van der Waals surface area contributed by atoms with Crippen LogP contribution in [0.4, 0.5) is 4.39 Å². The monoisotopic (exact) mass is 239 g/mol. The van der Waals surface area contributed by atoms with E-state index in [0.717, 1.165) is 0 Å². The first-order valence-electron chi connectivity index (χ1n) is 4.98. The Labute approximate surface area is 98.6 Å². The molecule has 1 atom stereocenters. The number of carbonyl (C=O) groups is 1. The van der Waals surface area contributed by atoms with Crippen LogP contribution in [0.15, 0.2) is 18.2 Å². The van der Waals surface area contributed by atoms with Gasteiger partial charge in [0.05, 0.1) is 11.1 Å². The van der Waals surface area contributed by atoms with Crippen molar-refractivity contribution < 1.29 is 9.18 Å². The van der Waals surface area contributed by atoms with Gasteiger partial charge in [-0.15, -0.1) is 0 Å². The number of Topliss-reactive ketones (excluding diaryl/α,β-unsaturated/α-hetero) is 1. The van der Waals surface area contributed by atoms with Crippen LogP contribution in [0, 0.1) is 17.1 Å². The van der Waals surface area contributed by atoms with Crippen LogP contribution in [0.3, 0.4) is 0 Å². The summed E-state index contributed by atoms with van der Waals surface area (Å²) in [7, 11) is 0. The van der Waals surface area contributed by atoms with Crippen molar-refractivity contribution in [2.75, 3.05) is 0 Å². The highest BCUT2D eigenvalue weighted by Crippen LogP contribution is 2.26. The molecule has 0 saturated heterocycles. The van der Waals surface area contributed by atoms with Crippen LogP contribution >= 0.6 is 11.6 Å². The van der Waals surface area contributed by atoms with Crippen LogP contribution in [0.2, 0.25) is 5.02 Å². The molecule has 0 bridgehead atoms. The molecule has 1 aromatic carbocycles. The van der Waals surface area contributed by atoms with Crippen LogP contribution in [0.5, 0.6) is 0 Å². The molecule has 2 nitrogen and oxygen atoms in total. The fraction of sp³-hybridized carbons (Fsp3) is 0.333. The smallest absolute Gasteiger partial charge is 0.154 e. The standard InChI is InChI=1S/C12H11ClFNO/c1-2-4-11(16)9(7-15)8-5-3-6-10(13)12(8)14/h3,5-6,9H,2,4H2,1H3. The predicted molar refractivity (Wildman–Crippen MR) is 59.7 cm³/mol. The maximum Gasteiger partial charge on any atom is 0.154 e. The number of hydrogen-bond acceptors (Lipinski definition) is 2. The molecule has 0 aromatic heterocycles. The number of ketones is 1. The van der Waals surface area contributed by atoms with Crippen molar-refractivity contribution in [3.8, 4) is 6.07 Å². The SMILES string of the molecule is CCCC(=O)C(C#N)c1cccc(Cl)c1F. The van der Waals surface area contributed by atoms with Gasteiger partial charge in [-0.3, -0.25) is 4.79 Å². The third kappa shape index (κ3) is 2.59. The Kier molecular flexibility index (Phi) is 4.45. The van der Waals surface area contributed by atoms with E-state index >= 15 is 0 Å². The van der Waals surface area contributed by atoms with Gasteiger partial charge in [0.1, 0.15) is 11.7 Å². The molecule has 0 spiro atoms. The van der Waals surface area contributed by atoms with E-state index < -0.39 is 11.7 Å². The second-order valence-electron chi connectivity index (χ2n) is 3.42. The number of halogens is 2. The summed E-state index contributed by atoms with van der Waals surface area (Å²) in [4.78, 5) is 11.6. The molecule has 0 fully saturated rings. The van der Waals surface area contributed by atoms with Crippen LogP contribution in [0.25, 0.3) is 0 Å². The first-order chi connectivity index (χ1) is 7.61. The summed E-state index contributed by atoms with van der Waals surface area (Å²) in [6.45, 7) is 1.83. The molecule has 0 saturated carbocycles. The minimum atomic E-state index is -1.06. The summed E-state index contributed by atoms with van der Waals surface area (Å²) >= 11 is 5.60. The lowest BCUT2D eigenvalue weighted by atomic mass is 9.93. The predicted octanol–water partition coefficient (Wildman–Crippen LogP) is 3.46. The second-order valence-corrected chi connectivity index (χ2v) is 3.83. The molecule has 0 aliphatic rings. The Morgan fingerprint density at radius 1 is 1.62 bits per heavy atom. The quantitative estimate of drug-likeness (QED) is 0.807. The molecule has 4 heteroatoms. The molecule has 0 N–H and O–H groups in total. The molecule has 0 aliphatic heterocycles. The molecule has 16 heavy (non-hydrogen) atoms. The normalized spacial score (nSPS) is 11.9. The zero-order valence-corrected chi connectivity index (χ0v) is 9.59. The summed E-state index contributed by atoms with van der Waals surface area (Å²) in [5, 5.41) is 8.84. The zero-order valence-electron chi connectivity index (χ0n) is 8.84. The van der Waals surface area contributed by atoms with Gasteiger partial charge in [-0.1, -0.05) is 30.7 Å². The molecule has 1 aromatic rings. The molecule has 1 unspecified atom stereocenters. The molecule has 84 valence electrons. The van der Waals surface area contributed by atoms with Crippen molar-refractivity contribution >= 4 is 17.4 Å². The minimum absolute atomic E-state index is 0.0634. The highest BCUT2D eigenvalue weighted by Gasteiger charge is 2.23. The highest BCUT2D eigenvalue weighted by molar-refractivity contribution is 6.30. The van der Waals surface area contributed by atoms with E-state index in [1.165, 1.54) is 18.2 Å². The number of nitriles is 1. The van der Waals surface area contributed by atoms with Gasteiger partial charge in [-0.2, -0.15) is 5.26 Å². The van der Waals surface area contributed by atoms with Gasteiger partial charge in [0.25, 0.3) is 0 Å². The van der Waals surface area contributed by atoms with Gasteiger partial charge < -0.3 is 0 Å². The van der Waals surface area contributed by atoms with E-state index in [4.69, 9.17) is 16.9 Å². The van der Waals surface area contributed by atoms with Gasteiger partial charge in [0.15, 0.2) is 5.78 Å². The van der Waals surface area contributed by atoms with Gasteiger partial charge in [0.2, 0.25) is 0 Å². The molecular formula is C12H11ClFNO. The fourth-order valence-electron chi connectivity index (χ4n) is 1.45. The Balaban J connectivity index is 3.10. The number of rotatable bonds is 4. The molecule has 0 radical (unpaired) electrons. The molecule has 0 amide bonds. The van der Waals surface area contributed by atoms with E-state index in [1.54, 1.807) is 0 Å². The number of benzene rings is 1. The van der Waals surface area contributed by atoms with Gasteiger partial charge in [-0.25, -0.2) is 4.39 Å². The van der Waals surface area contributed by atoms with Crippen molar-refractivity contribution in [1.29, 1.82) is 5.26 Å². The third-order valence-corrected chi connectivity index (χ3v) is 2.53. The topological polar surface area (TPSA) is 40.9 Å². The summed E-state index contributed by atoms with van der Waals surface area (Å²) in [6.07, 6.45) is 0.906. The Morgan fingerprint density at radius 2 is 2.31 bits per heavy atom. The van der Waals surface area contributed by atoms with Crippen molar-refractivity contribution in [3.63, 3.8) is 0 Å². The van der Waals surface area contributed by atoms with E-state index in [0.29, 0.717) is 6.42 Å². The number of nitrogens with zero attached hydrogens (tertiary/aromatic N) is 1. The highest BCUT2D eigenvalue weighted by atomic mass is 35.5. The second kappa shape index (κ2) is 5.62. The van der Waals surface area contributed by atoms with Crippen molar-refractivity contribution in [2.45, 2.75) is 25.7 Å². The van der Waals surface area contributed by atoms with E-state index in [9.17, 15) is 9.18 Å². The zero-order chi connectivity index (χ0) is 12.1. The van der Waals surface area contributed by atoms with E-state index in [-0.39, 0.29) is 22.8 Å². The summed E-state index contributed by atoms with van der Waals surface area (Å²) in [5.41, 5.74) is 0.0634. The lowest BCUT2D eigenvalue weighted by Gasteiger charge is -2.09. The lowest BCUT2D eigenvalue weighted by molar-refractivity contribution is -0.119. The third-order valence-electron chi connectivity index (χ3n) is 2.24. The summed E-state index contributed by atoms with van der Waals surface area (Å²) < 4.78 is 13.6. The van der Waals surface area contributed by atoms with E-state index in [1.807, 2.05) is 13.0 Å². The molecule has 1 rings (SSSR count). The van der Waals surface area contributed by atoms with Crippen LogP contribution in [-0.2, 0) is 4.79 Å². The summed E-state index contributed by atoms with van der Waals surface area (Å²) in [6, 6.07) is 6.16. The van der Waals surface area contributed by atoms with Gasteiger partial charge in [0, 0.05) is 12.0 Å². The number of hydrogen-bond donors (Lipinski definition) is 0. The minimum Gasteiger partial charge on any atom is -0.298 e. The Morgan fingerprint density at radius 3 is 2.88 bits per heavy atom. The average Bonchev–Trinajstić information content (AvgIpc) is 2.25. The van der Waals surface area contributed by atoms with Crippen LogP contribution in [0.1, 0.15) is 31.2 Å². The average molecular weight is 240 g/mol. The fourth-order valence-corrected chi connectivity index (χ4v) is 1.63. The first-order valence-corrected chi connectivity index (χ1v) is 5.35. The van der Waals surface area contributed by atoms with Gasteiger partial charge >= 0.3 is 0 Å². The molecular weight excluding hydrogens is 229 g/mol. The van der Waals surface area contributed by atoms with Crippen molar-refractivity contribution in [2.24, 2.45) is 0 Å². The first kappa shape index (κ1) is 12.7. The van der Waals surface area contributed by atoms with Gasteiger partial charge in [-0.05, 0) is 12.5 Å². The largest absolute Gasteiger partial charge is 0.298 e. The molecule has 0 heterocycles. The lowest BCUT2D eigenvalue weighted by Crippen LogP contribution is -2.12. The number of carbonyl (C=O) groups excluding carboxylic acids is 1.